The molecule has 18 heavy (non-hydrogen) atoms. The number of hydrogen-bond donors (Lipinski definition) is 1. The SMILES string of the molecule is CCC(N)c1nc(C(=O)N2CCC(C)CC2)cs1. The fourth-order valence-corrected chi connectivity index (χ4v) is 2.98. The van der Waals surface area contributed by atoms with Gasteiger partial charge >= 0.3 is 0 Å². The van der Waals surface area contributed by atoms with E-state index >= 15 is 0 Å². The lowest BCUT2D eigenvalue weighted by molar-refractivity contribution is 0.0692. The van der Waals surface area contributed by atoms with E-state index < -0.39 is 0 Å². The number of aromatic nitrogens is 1. The molecule has 5 heteroatoms. The highest BCUT2D eigenvalue weighted by molar-refractivity contribution is 7.09. The molecular formula is C13H21N3OS. The summed E-state index contributed by atoms with van der Waals surface area (Å²) in [5, 5.41) is 2.71. The number of thiazole rings is 1. The van der Waals surface area contributed by atoms with E-state index in [9.17, 15) is 4.79 Å². The first kappa shape index (κ1) is 13.5. The first-order valence-corrected chi connectivity index (χ1v) is 7.50. The lowest BCUT2D eigenvalue weighted by atomic mass is 9.99. The van der Waals surface area contributed by atoms with Gasteiger partial charge in [-0.25, -0.2) is 4.98 Å². The van der Waals surface area contributed by atoms with Gasteiger partial charge in [0.1, 0.15) is 10.7 Å². The Morgan fingerprint density at radius 1 is 1.61 bits per heavy atom. The molecule has 1 saturated heterocycles. The van der Waals surface area contributed by atoms with Gasteiger partial charge in [-0.1, -0.05) is 13.8 Å². The Balaban J connectivity index is 2.02. The van der Waals surface area contributed by atoms with Crippen LogP contribution in [0, 0.1) is 5.92 Å². The quantitative estimate of drug-likeness (QED) is 0.915. The van der Waals surface area contributed by atoms with Crippen LogP contribution in [-0.4, -0.2) is 28.9 Å². The van der Waals surface area contributed by atoms with Crippen LogP contribution in [0.4, 0.5) is 0 Å². The molecular weight excluding hydrogens is 246 g/mol. The molecule has 0 aliphatic carbocycles. The largest absolute Gasteiger partial charge is 0.337 e. The Morgan fingerprint density at radius 2 is 2.28 bits per heavy atom. The second-order valence-corrected chi connectivity index (χ2v) is 5.95. The van der Waals surface area contributed by atoms with Crippen molar-refractivity contribution in [3.8, 4) is 0 Å². The predicted octanol–water partition coefficient (Wildman–Crippen LogP) is 2.43. The Labute approximate surface area is 112 Å². The number of likely N-dealkylation sites (tertiary alicyclic amines) is 1. The van der Waals surface area contributed by atoms with Crippen LogP contribution in [0.1, 0.15) is 54.6 Å². The van der Waals surface area contributed by atoms with Crippen LogP contribution < -0.4 is 5.73 Å². The summed E-state index contributed by atoms with van der Waals surface area (Å²) in [5.74, 6) is 0.793. The van der Waals surface area contributed by atoms with Gasteiger partial charge in [0.2, 0.25) is 0 Å². The normalized spacial score (nSPS) is 18.9. The van der Waals surface area contributed by atoms with Crippen molar-refractivity contribution in [2.75, 3.05) is 13.1 Å². The van der Waals surface area contributed by atoms with Crippen molar-refractivity contribution in [3.63, 3.8) is 0 Å². The number of carbonyl (C=O) groups is 1. The summed E-state index contributed by atoms with van der Waals surface area (Å²) in [6.45, 7) is 5.97. The highest BCUT2D eigenvalue weighted by Gasteiger charge is 2.23. The summed E-state index contributed by atoms with van der Waals surface area (Å²) >= 11 is 1.49. The minimum absolute atomic E-state index is 0.0436. The molecule has 4 nitrogen and oxygen atoms in total. The predicted molar refractivity (Wildman–Crippen MR) is 73.6 cm³/mol. The van der Waals surface area contributed by atoms with E-state index in [1.165, 1.54) is 11.3 Å². The van der Waals surface area contributed by atoms with Crippen LogP contribution in [0.3, 0.4) is 0 Å². The maximum absolute atomic E-state index is 12.3. The summed E-state index contributed by atoms with van der Waals surface area (Å²) in [5.41, 5.74) is 6.49. The van der Waals surface area contributed by atoms with E-state index in [2.05, 4.69) is 11.9 Å². The zero-order valence-electron chi connectivity index (χ0n) is 11.1. The first-order chi connectivity index (χ1) is 8.61. The number of carbonyl (C=O) groups excluding carboxylic acids is 1. The molecule has 1 aliphatic rings. The van der Waals surface area contributed by atoms with Crippen LogP contribution in [-0.2, 0) is 0 Å². The van der Waals surface area contributed by atoms with Crippen LogP contribution >= 0.6 is 11.3 Å². The third-order valence-electron chi connectivity index (χ3n) is 3.57. The molecule has 0 bridgehead atoms. The van der Waals surface area contributed by atoms with Gasteiger partial charge in [0.25, 0.3) is 5.91 Å². The van der Waals surface area contributed by atoms with Crippen molar-refractivity contribution in [2.24, 2.45) is 11.7 Å². The van der Waals surface area contributed by atoms with Crippen molar-refractivity contribution in [1.82, 2.24) is 9.88 Å². The fraction of sp³-hybridized carbons (Fsp3) is 0.692. The Kier molecular flexibility index (Phi) is 4.35. The van der Waals surface area contributed by atoms with Crippen LogP contribution in [0.15, 0.2) is 5.38 Å². The average Bonchev–Trinajstić information content (AvgIpc) is 2.87. The Bertz CT molecular complexity index is 410. The molecule has 1 amide bonds. The lowest BCUT2D eigenvalue weighted by Gasteiger charge is -2.29. The number of nitrogens with two attached hydrogens (primary N) is 1. The van der Waals surface area contributed by atoms with Gasteiger partial charge in [-0.15, -0.1) is 11.3 Å². The number of amides is 1. The minimum atomic E-state index is -0.0436. The maximum Gasteiger partial charge on any atom is 0.273 e. The fourth-order valence-electron chi connectivity index (χ4n) is 2.10. The van der Waals surface area contributed by atoms with Crippen molar-refractivity contribution >= 4 is 17.2 Å². The van der Waals surface area contributed by atoms with Crippen LogP contribution in [0.25, 0.3) is 0 Å². The minimum Gasteiger partial charge on any atom is -0.337 e. The molecule has 1 unspecified atom stereocenters. The standard InChI is InChI=1S/C13H21N3OS/c1-3-10(14)12-15-11(8-18-12)13(17)16-6-4-9(2)5-7-16/h8-10H,3-7,14H2,1-2H3. The Hall–Kier alpha value is -0.940. The Morgan fingerprint density at radius 3 is 2.89 bits per heavy atom. The third-order valence-corrected chi connectivity index (χ3v) is 4.55. The molecule has 1 atom stereocenters. The van der Waals surface area contributed by atoms with Gasteiger partial charge in [0.05, 0.1) is 6.04 Å². The summed E-state index contributed by atoms with van der Waals surface area (Å²) in [4.78, 5) is 18.6. The van der Waals surface area contributed by atoms with Gasteiger partial charge < -0.3 is 10.6 Å². The summed E-state index contributed by atoms with van der Waals surface area (Å²) in [6.07, 6.45) is 3.04. The van der Waals surface area contributed by atoms with E-state index in [1.54, 1.807) is 0 Å². The third kappa shape index (κ3) is 2.90. The molecule has 100 valence electrons. The van der Waals surface area contributed by atoms with Crippen molar-refractivity contribution < 1.29 is 4.79 Å². The molecule has 1 aliphatic heterocycles. The maximum atomic E-state index is 12.3. The highest BCUT2D eigenvalue weighted by Crippen LogP contribution is 2.22. The van der Waals surface area contributed by atoms with E-state index in [4.69, 9.17) is 5.73 Å². The summed E-state index contributed by atoms with van der Waals surface area (Å²) in [7, 11) is 0. The topological polar surface area (TPSA) is 59.2 Å². The second-order valence-electron chi connectivity index (χ2n) is 5.06. The summed E-state index contributed by atoms with van der Waals surface area (Å²) in [6, 6.07) is -0.0436. The molecule has 2 N–H and O–H groups in total. The molecule has 2 rings (SSSR count). The molecule has 0 saturated carbocycles. The first-order valence-electron chi connectivity index (χ1n) is 6.62. The molecule has 2 heterocycles. The monoisotopic (exact) mass is 267 g/mol. The molecule has 0 radical (unpaired) electrons. The number of nitrogens with zero attached hydrogens (tertiary/aromatic N) is 2. The molecule has 1 aromatic rings. The lowest BCUT2D eigenvalue weighted by Crippen LogP contribution is -2.38. The number of hydrogen-bond acceptors (Lipinski definition) is 4. The van der Waals surface area contributed by atoms with Crippen molar-refractivity contribution in [2.45, 2.75) is 39.2 Å². The van der Waals surface area contributed by atoms with E-state index in [-0.39, 0.29) is 11.9 Å². The zero-order chi connectivity index (χ0) is 13.1. The van der Waals surface area contributed by atoms with Crippen LogP contribution in [0.5, 0.6) is 0 Å². The molecule has 0 aromatic carbocycles. The van der Waals surface area contributed by atoms with E-state index in [1.807, 2.05) is 17.2 Å². The van der Waals surface area contributed by atoms with Gasteiger partial charge in [-0.05, 0) is 25.2 Å². The molecule has 0 spiro atoms. The van der Waals surface area contributed by atoms with Gasteiger partial charge in [-0.2, -0.15) is 0 Å². The molecule has 1 aromatic heterocycles. The van der Waals surface area contributed by atoms with Crippen molar-refractivity contribution in [3.05, 3.63) is 16.1 Å². The number of piperidine rings is 1. The zero-order valence-corrected chi connectivity index (χ0v) is 11.9. The van der Waals surface area contributed by atoms with Gasteiger partial charge in [-0.3, -0.25) is 4.79 Å². The van der Waals surface area contributed by atoms with Gasteiger partial charge in [0.15, 0.2) is 0 Å². The number of rotatable bonds is 3. The highest BCUT2D eigenvalue weighted by atomic mass is 32.1. The van der Waals surface area contributed by atoms with E-state index in [0.29, 0.717) is 5.69 Å². The van der Waals surface area contributed by atoms with E-state index in [0.717, 1.165) is 43.3 Å². The second kappa shape index (κ2) is 5.80. The average molecular weight is 267 g/mol. The summed E-state index contributed by atoms with van der Waals surface area (Å²) < 4.78 is 0. The smallest absolute Gasteiger partial charge is 0.273 e. The van der Waals surface area contributed by atoms with Crippen LogP contribution in [0.2, 0.25) is 0 Å². The van der Waals surface area contributed by atoms with Crippen molar-refractivity contribution in [1.29, 1.82) is 0 Å². The van der Waals surface area contributed by atoms with Gasteiger partial charge in [0, 0.05) is 18.5 Å². The molecule has 1 fully saturated rings.